The van der Waals surface area contributed by atoms with Crippen molar-refractivity contribution in [3.8, 4) is 0 Å². The summed E-state index contributed by atoms with van der Waals surface area (Å²) in [4.78, 5) is 4.34. The number of hydrogen-bond donors (Lipinski definition) is 2. The van der Waals surface area contributed by atoms with E-state index in [1.54, 1.807) is 0 Å². The van der Waals surface area contributed by atoms with E-state index >= 15 is 0 Å². The summed E-state index contributed by atoms with van der Waals surface area (Å²) in [5, 5.41) is 3.29. The van der Waals surface area contributed by atoms with Gasteiger partial charge in [0.15, 0.2) is 0 Å². The Bertz CT molecular complexity index is 260. The summed E-state index contributed by atoms with van der Waals surface area (Å²) >= 11 is 0. The SMILES string of the molecule is Cc1cccc(NC(C)CCN)n1. The summed E-state index contributed by atoms with van der Waals surface area (Å²) in [7, 11) is 0. The fraction of sp³-hybridized carbons (Fsp3) is 0.500. The molecule has 0 spiro atoms. The molecule has 0 saturated heterocycles. The Kier molecular flexibility index (Phi) is 3.71. The van der Waals surface area contributed by atoms with Gasteiger partial charge in [-0.05, 0) is 38.9 Å². The van der Waals surface area contributed by atoms with Gasteiger partial charge < -0.3 is 11.1 Å². The molecule has 1 aromatic heterocycles. The highest BCUT2D eigenvalue weighted by atomic mass is 15.0. The molecule has 1 unspecified atom stereocenters. The normalized spacial score (nSPS) is 12.5. The third-order valence-electron chi connectivity index (χ3n) is 1.88. The summed E-state index contributed by atoms with van der Waals surface area (Å²) in [5.41, 5.74) is 6.48. The van der Waals surface area contributed by atoms with E-state index in [0.29, 0.717) is 12.6 Å². The van der Waals surface area contributed by atoms with E-state index in [0.717, 1.165) is 17.9 Å². The topological polar surface area (TPSA) is 50.9 Å². The van der Waals surface area contributed by atoms with E-state index < -0.39 is 0 Å². The molecule has 0 saturated carbocycles. The van der Waals surface area contributed by atoms with Gasteiger partial charge in [0.1, 0.15) is 5.82 Å². The second-order valence-corrected chi connectivity index (χ2v) is 3.29. The lowest BCUT2D eigenvalue weighted by atomic mass is 10.2. The monoisotopic (exact) mass is 179 g/mol. The Hall–Kier alpha value is -1.09. The molecule has 3 N–H and O–H groups in total. The zero-order valence-corrected chi connectivity index (χ0v) is 8.25. The van der Waals surface area contributed by atoms with Gasteiger partial charge in [-0.25, -0.2) is 4.98 Å². The predicted octanol–water partition coefficient (Wildman–Crippen LogP) is 1.54. The summed E-state index contributed by atoms with van der Waals surface area (Å²) < 4.78 is 0. The minimum Gasteiger partial charge on any atom is -0.368 e. The van der Waals surface area contributed by atoms with Crippen molar-refractivity contribution in [2.24, 2.45) is 5.73 Å². The number of nitrogens with one attached hydrogen (secondary N) is 1. The Morgan fingerprint density at radius 1 is 1.54 bits per heavy atom. The van der Waals surface area contributed by atoms with Crippen LogP contribution in [0.4, 0.5) is 5.82 Å². The highest BCUT2D eigenvalue weighted by Crippen LogP contribution is 2.06. The Balaban J connectivity index is 2.53. The molecule has 1 rings (SSSR count). The van der Waals surface area contributed by atoms with Crippen molar-refractivity contribution in [1.82, 2.24) is 4.98 Å². The highest BCUT2D eigenvalue weighted by molar-refractivity contribution is 5.35. The molecule has 0 aliphatic heterocycles. The van der Waals surface area contributed by atoms with Crippen molar-refractivity contribution in [1.29, 1.82) is 0 Å². The van der Waals surface area contributed by atoms with Crippen LogP contribution < -0.4 is 11.1 Å². The summed E-state index contributed by atoms with van der Waals surface area (Å²) in [6.45, 7) is 4.80. The van der Waals surface area contributed by atoms with E-state index in [4.69, 9.17) is 5.73 Å². The standard InChI is InChI=1S/C10H17N3/c1-8-4-3-5-10(12-8)13-9(2)6-7-11/h3-5,9H,6-7,11H2,1-2H3,(H,12,13). The van der Waals surface area contributed by atoms with Crippen LogP contribution in [0.25, 0.3) is 0 Å². The van der Waals surface area contributed by atoms with Crippen molar-refractivity contribution < 1.29 is 0 Å². The smallest absolute Gasteiger partial charge is 0.126 e. The quantitative estimate of drug-likeness (QED) is 0.737. The first-order chi connectivity index (χ1) is 6.22. The molecule has 0 aliphatic rings. The Morgan fingerprint density at radius 3 is 2.92 bits per heavy atom. The number of pyridine rings is 1. The summed E-state index contributed by atoms with van der Waals surface area (Å²) in [6, 6.07) is 6.35. The molecular formula is C10H17N3. The zero-order valence-electron chi connectivity index (χ0n) is 8.25. The van der Waals surface area contributed by atoms with Gasteiger partial charge in [0.25, 0.3) is 0 Å². The third-order valence-corrected chi connectivity index (χ3v) is 1.88. The van der Waals surface area contributed by atoms with E-state index in [2.05, 4.69) is 17.2 Å². The van der Waals surface area contributed by atoms with Crippen LogP contribution in [0.2, 0.25) is 0 Å². The molecule has 1 aromatic rings. The van der Waals surface area contributed by atoms with E-state index in [1.165, 1.54) is 0 Å². The number of hydrogen-bond acceptors (Lipinski definition) is 3. The second kappa shape index (κ2) is 4.82. The van der Waals surface area contributed by atoms with Crippen molar-refractivity contribution in [2.45, 2.75) is 26.3 Å². The molecule has 0 aliphatic carbocycles. The van der Waals surface area contributed by atoms with E-state index in [1.807, 2.05) is 25.1 Å². The Labute approximate surface area is 79.4 Å². The van der Waals surface area contributed by atoms with Crippen molar-refractivity contribution in [3.63, 3.8) is 0 Å². The predicted molar refractivity (Wildman–Crippen MR) is 55.7 cm³/mol. The van der Waals surface area contributed by atoms with Crippen LogP contribution in [0.5, 0.6) is 0 Å². The summed E-state index contributed by atoms with van der Waals surface area (Å²) in [5.74, 6) is 0.931. The molecule has 1 atom stereocenters. The molecular weight excluding hydrogens is 162 g/mol. The van der Waals surface area contributed by atoms with Crippen LogP contribution in [0, 0.1) is 6.92 Å². The van der Waals surface area contributed by atoms with Crippen LogP contribution in [-0.2, 0) is 0 Å². The molecule has 0 radical (unpaired) electrons. The van der Waals surface area contributed by atoms with Crippen molar-refractivity contribution in [3.05, 3.63) is 23.9 Å². The van der Waals surface area contributed by atoms with Gasteiger partial charge >= 0.3 is 0 Å². The molecule has 72 valence electrons. The Morgan fingerprint density at radius 2 is 2.31 bits per heavy atom. The van der Waals surface area contributed by atoms with Gasteiger partial charge in [0.2, 0.25) is 0 Å². The number of nitrogens with two attached hydrogens (primary N) is 1. The van der Waals surface area contributed by atoms with Gasteiger partial charge in [0.05, 0.1) is 0 Å². The number of aromatic nitrogens is 1. The van der Waals surface area contributed by atoms with Crippen LogP contribution in [0.15, 0.2) is 18.2 Å². The fourth-order valence-corrected chi connectivity index (χ4v) is 1.20. The third kappa shape index (κ3) is 3.42. The lowest BCUT2D eigenvalue weighted by Gasteiger charge is -2.13. The molecule has 0 bridgehead atoms. The highest BCUT2D eigenvalue weighted by Gasteiger charge is 2.00. The number of rotatable bonds is 4. The molecule has 0 aromatic carbocycles. The maximum Gasteiger partial charge on any atom is 0.126 e. The second-order valence-electron chi connectivity index (χ2n) is 3.29. The molecule has 3 heteroatoms. The number of nitrogens with zero attached hydrogens (tertiary/aromatic N) is 1. The largest absolute Gasteiger partial charge is 0.368 e. The van der Waals surface area contributed by atoms with Gasteiger partial charge in [0, 0.05) is 11.7 Å². The minimum absolute atomic E-state index is 0.388. The average Bonchev–Trinajstić information content (AvgIpc) is 2.04. The maximum atomic E-state index is 5.45. The lowest BCUT2D eigenvalue weighted by Crippen LogP contribution is -2.20. The van der Waals surface area contributed by atoms with E-state index in [-0.39, 0.29) is 0 Å². The van der Waals surface area contributed by atoms with Gasteiger partial charge in [-0.2, -0.15) is 0 Å². The lowest BCUT2D eigenvalue weighted by molar-refractivity contribution is 0.713. The van der Waals surface area contributed by atoms with Crippen LogP contribution in [0.1, 0.15) is 19.0 Å². The summed E-state index contributed by atoms with van der Waals surface area (Å²) in [6.07, 6.45) is 0.968. The van der Waals surface area contributed by atoms with Crippen LogP contribution in [0.3, 0.4) is 0 Å². The van der Waals surface area contributed by atoms with Crippen molar-refractivity contribution in [2.75, 3.05) is 11.9 Å². The first-order valence-electron chi connectivity index (χ1n) is 4.62. The van der Waals surface area contributed by atoms with E-state index in [9.17, 15) is 0 Å². The first-order valence-corrected chi connectivity index (χ1v) is 4.62. The molecule has 13 heavy (non-hydrogen) atoms. The van der Waals surface area contributed by atoms with Gasteiger partial charge in [-0.15, -0.1) is 0 Å². The first kappa shape index (κ1) is 9.99. The molecule has 0 fully saturated rings. The fourth-order valence-electron chi connectivity index (χ4n) is 1.20. The minimum atomic E-state index is 0.388. The molecule has 3 nitrogen and oxygen atoms in total. The molecule has 0 amide bonds. The number of aryl methyl sites for hydroxylation is 1. The van der Waals surface area contributed by atoms with Crippen LogP contribution >= 0.6 is 0 Å². The van der Waals surface area contributed by atoms with Gasteiger partial charge in [-0.3, -0.25) is 0 Å². The average molecular weight is 179 g/mol. The molecule has 1 heterocycles. The van der Waals surface area contributed by atoms with Crippen LogP contribution in [-0.4, -0.2) is 17.6 Å². The number of anilines is 1. The van der Waals surface area contributed by atoms with Crippen molar-refractivity contribution >= 4 is 5.82 Å². The maximum absolute atomic E-state index is 5.45. The zero-order chi connectivity index (χ0) is 9.68. The van der Waals surface area contributed by atoms with Gasteiger partial charge in [-0.1, -0.05) is 6.07 Å².